The third-order valence-electron chi connectivity index (χ3n) is 3.07. The second-order valence-corrected chi connectivity index (χ2v) is 4.61. The highest BCUT2D eigenvalue weighted by atomic mass is 19.1. The number of halogens is 1. The third-order valence-corrected chi connectivity index (χ3v) is 3.07. The molecule has 0 saturated carbocycles. The van der Waals surface area contributed by atoms with Crippen molar-refractivity contribution in [3.8, 4) is 5.75 Å². The summed E-state index contributed by atoms with van der Waals surface area (Å²) in [5, 5.41) is 10.1. The van der Waals surface area contributed by atoms with E-state index in [0.29, 0.717) is 11.0 Å². The molecule has 1 amide bonds. The molecular formula is C16H11FN2O3. The molecule has 0 spiro atoms. The summed E-state index contributed by atoms with van der Waals surface area (Å²) >= 11 is 0. The molecule has 3 aromatic rings. The topological polar surface area (TPSA) is 88.8 Å². The average molecular weight is 298 g/mol. The zero-order valence-electron chi connectivity index (χ0n) is 11.3. The number of phenolic OH excluding ortho intramolecular Hbond substituents is 1. The molecule has 0 radical (unpaired) electrons. The van der Waals surface area contributed by atoms with Gasteiger partial charge in [-0.1, -0.05) is 12.1 Å². The Balaban J connectivity index is 2.33. The van der Waals surface area contributed by atoms with Gasteiger partial charge in [0.1, 0.15) is 28.4 Å². The molecule has 0 aliphatic heterocycles. The van der Waals surface area contributed by atoms with Crippen LogP contribution in [-0.2, 0) is 0 Å². The second kappa shape index (κ2) is 5.33. The lowest BCUT2D eigenvalue weighted by Gasteiger charge is -2.03. The number of primary amides is 1. The van der Waals surface area contributed by atoms with E-state index in [-0.39, 0.29) is 22.6 Å². The predicted molar refractivity (Wildman–Crippen MR) is 78.0 cm³/mol. The number of fused-ring (bicyclic) bond motifs is 1. The van der Waals surface area contributed by atoms with Gasteiger partial charge in [0.15, 0.2) is 0 Å². The van der Waals surface area contributed by atoms with Crippen molar-refractivity contribution in [2.24, 2.45) is 10.7 Å². The number of amides is 1. The number of hydrogen-bond acceptors (Lipinski definition) is 4. The predicted octanol–water partition coefficient (Wildman–Crippen LogP) is 2.61. The summed E-state index contributed by atoms with van der Waals surface area (Å²) in [6.45, 7) is 0. The largest absolute Gasteiger partial charge is 0.508 e. The van der Waals surface area contributed by atoms with E-state index in [1.807, 2.05) is 0 Å². The first-order chi connectivity index (χ1) is 10.5. The Labute approximate surface area is 124 Å². The minimum atomic E-state index is -0.742. The fourth-order valence-electron chi connectivity index (χ4n) is 2.02. The van der Waals surface area contributed by atoms with E-state index in [1.54, 1.807) is 12.1 Å². The molecule has 0 aliphatic rings. The number of benzene rings is 2. The summed E-state index contributed by atoms with van der Waals surface area (Å²) in [5.41, 5.74) is 5.57. The van der Waals surface area contributed by atoms with Crippen molar-refractivity contribution in [3.63, 3.8) is 0 Å². The monoisotopic (exact) mass is 298 g/mol. The van der Waals surface area contributed by atoms with Crippen molar-refractivity contribution < 1.29 is 18.7 Å². The Morgan fingerprint density at radius 3 is 2.68 bits per heavy atom. The van der Waals surface area contributed by atoms with Crippen LogP contribution in [0, 0.1) is 5.82 Å². The normalized spacial score (nSPS) is 11.8. The lowest BCUT2D eigenvalue weighted by molar-refractivity contribution is 0.0996. The zero-order chi connectivity index (χ0) is 15.7. The molecule has 3 N–H and O–H groups in total. The first-order valence-corrected chi connectivity index (χ1v) is 6.40. The number of phenols is 1. The molecule has 0 bridgehead atoms. The summed E-state index contributed by atoms with van der Waals surface area (Å²) in [7, 11) is 0. The van der Waals surface area contributed by atoms with Crippen LogP contribution in [0.2, 0.25) is 0 Å². The van der Waals surface area contributed by atoms with Crippen LogP contribution in [0.1, 0.15) is 10.4 Å². The molecule has 1 heterocycles. The van der Waals surface area contributed by atoms with E-state index in [4.69, 9.17) is 10.2 Å². The molecule has 0 aliphatic carbocycles. The van der Waals surface area contributed by atoms with Gasteiger partial charge < -0.3 is 15.3 Å². The molecular weight excluding hydrogens is 287 g/mol. The molecule has 1 aromatic heterocycles. The molecule has 0 unspecified atom stereocenters. The highest BCUT2D eigenvalue weighted by Crippen LogP contribution is 2.20. The van der Waals surface area contributed by atoms with E-state index in [0.717, 1.165) is 0 Å². The number of nitrogens with two attached hydrogens (primary N) is 1. The third kappa shape index (κ3) is 2.54. The number of carbonyl (C=O) groups is 1. The maximum absolute atomic E-state index is 13.7. The fraction of sp³-hybridized carbons (Fsp3) is 0. The lowest BCUT2D eigenvalue weighted by Crippen LogP contribution is -2.21. The second-order valence-electron chi connectivity index (χ2n) is 4.61. The lowest BCUT2D eigenvalue weighted by atomic mass is 10.1. The summed E-state index contributed by atoms with van der Waals surface area (Å²) in [6.07, 6.45) is 0. The van der Waals surface area contributed by atoms with Crippen molar-refractivity contribution in [2.75, 3.05) is 0 Å². The van der Waals surface area contributed by atoms with Gasteiger partial charge in [0, 0.05) is 11.5 Å². The maximum Gasteiger partial charge on any atom is 0.254 e. The molecule has 3 rings (SSSR count). The van der Waals surface area contributed by atoms with Crippen molar-refractivity contribution >= 4 is 22.6 Å². The van der Waals surface area contributed by atoms with Gasteiger partial charge in [-0.2, -0.15) is 0 Å². The van der Waals surface area contributed by atoms with Gasteiger partial charge in [0.2, 0.25) is 5.55 Å². The number of para-hydroxylation sites is 1. The van der Waals surface area contributed by atoms with E-state index in [1.165, 1.54) is 36.4 Å². The van der Waals surface area contributed by atoms with Gasteiger partial charge in [-0.15, -0.1) is 0 Å². The van der Waals surface area contributed by atoms with Crippen LogP contribution in [0.3, 0.4) is 0 Å². The molecule has 5 nitrogen and oxygen atoms in total. The number of aromatic hydroxyl groups is 1. The first-order valence-electron chi connectivity index (χ1n) is 6.40. The smallest absolute Gasteiger partial charge is 0.254 e. The SMILES string of the molecule is NC(=O)c1cc2ccc(O)cc2oc1=Nc1ccccc1F. The molecule has 0 fully saturated rings. The zero-order valence-corrected chi connectivity index (χ0v) is 11.3. The van der Waals surface area contributed by atoms with E-state index >= 15 is 0 Å². The Morgan fingerprint density at radius 1 is 1.18 bits per heavy atom. The molecule has 110 valence electrons. The number of carbonyl (C=O) groups excluding carboxylic acids is 1. The Hall–Kier alpha value is -3.15. The van der Waals surface area contributed by atoms with E-state index in [2.05, 4.69) is 4.99 Å². The van der Waals surface area contributed by atoms with Crippen LogP contribution in [0.5, 0.6) is 5.75 Å². The van der Waals surface area contributed by atoms with Gasteiger partial charge in [0.05, 0.1) is 0 Å². The Kier molecular flexibility index (Phi) is 3.34. The fourth-order valence-corrected chi connectivity index (χ4v) is 2.02. The van der Waals surface area contributed by atoms with Gasteiger partial charge in [-0.25, -0.2) is 9.38 Å². The van der Waals surface area contributed by atoms with Crippen LogP contribution in [0.4, 0.5) is 10.1 Å². The quantitative estimate of drug-likeness (QED) is 0.762. The molecule has 2 aromatic carbocycles. The summed E-state index contributed by atoms with van der Waals surface area (Å²) in [4.78, 5) is 15.6. The number of hydrogen-bond donors (Lipinski definition) is 2. The first kappa shape index (κ1) is 13.8. The molecule has 22 heavy (non-hydrogen) atoms. The van der Waals surface area contributed by atoms with E-state index < -0.39 is 11.7 Å². The van der Waals surface area contributed by atoms with Gasteiger partial charge in [0.25, 0.3) is 5.91 Å². The number of rotatable bonds is 2. The van der Waals surface area contributed by atoms with Crippen molar-refractivity contribution in [3.05, 3.63) is 65.5 Å². The van der Waals surface area contributed by atoms with E-state index in [9.17, 15) is 14.3 Å². The van der Waals surface area contributed by atoms with Crippen LogP contribution >= 0.6 is 0 Å². The average Bonchev–Trinajstić information content (AvgIpc) is 2.48. The highest BCUT2D eigenvalue weighted by Gasteiger charge is 2.10. The molecule has 0 saturated heterocycles. The van der Waals surface area contributed by atoms with Gasteiger partial charge >= 0.3 is 0 Å². The summed E-state index contributed by atoms with van der Waals surface area (Å²) in [5.74, 6) is -1.29. The number of nitrogens with zero attached hydrogens (tertiary/aromatic N) is 1. The van der Waals surface area contributed by atoms with Gasteiger partial charge in [-0.3, -0.25) is 4.79 Å². The summed E-state index contributed by atoms with van der Waals surface area (Å²) < 4.78 is 19.2. The van der Waals surface area contributed by atoms with Crippen molar-refractivity contribution in [2.45, 2.75) is 0 Å². The Morgan fingerprint density at radius 2 is 1.95 bits per heavy atom. The minimum Gasteiger partial charge on any atom is -0.508 e. The van der Waals surface area contributed by atoms with Crippen LogP contribution in [0.15, 0.2) is 57.9 Å². The Bertz CT molecular complexity index is 948. The van der Waals surface area contributed by atoms with Crippen LogP contribution < -0.4 is 11.3 Å². The standard InChI is InChI=1S/C16H11FN2O3/c17-12-3-1-2-4-13(12)19-16-11(15(18)21)7-9-5-6-10(20)8-14(9)22-16/h1-8,20H,(H2,18,21). The molecule has 6 heteroatoms. The minimum absolute atomic E-state index is 0.0000772. The van der Waals surface area contributed by atoms with Crippen molar-refractivity contribution in [1.29, 1.82) is 0 Å². The van der Waals surface area contributed by atoms with Gasteiger partial charge in [-0.05, 0) is 30.3 Å². The summed E-state index contributed by atoms with van der Waals surface area (Å²) in [6, 6.07) is 11.7. The van der Waals surface area contributed by atoms with Crippen LogP contribution in [-0.4, -0.2) is 11.0 Å². The van der Waals surface area contributed by atoms with Crippen molar-refractivity contribution in [1.82, 2.24) is 0 Å². The van der Waals surface area contributed by atoms with Crippen LogP contribution in [0.25, 0.3) is 11.0 Å². The molecule has 0 atom stereocenters. The highest BCUT2D eigenvalue weighted by molar-refractivity contribution is 5.95. The maximum atomic E-state index is 13.7.